The summed E-state index contributed by atoms with van der Waals surface area (Å²) in [6.07, 6.45) is 1.03. The number of rotatable bonds is 3. The van der Waals surface area contributed by atoms with Crippen LogP contribution in [0, 0.1) is 0 Å². The summed E-state index contributed by atoms with van der Waals surface area (Å²) in [5.41, 5.74) is 6.74. The van der Waals surface area contributed by atoms with E-state index in [2.05, 4.69) is 15.1 Å². The van der Waals surface area contributed by atoms with E-state index in [0.717, 1.165) is 25.1 Å². The number of benzene rings is 1. The first-order valence-corrected chi connectivity index (χ1v) is 6.65. The van der Waals surface area contributed by atoms with E-state index >= 15 is 0 Å². The highest BCUT2D eigenvalue weighted by Gasteiger charge is 2.21. The largest absolute Gasteiger partial charge is 0.419 e. The predicted octanol–water partition coefficient (Wildman–Crippen LogP) is 1.92. The van der Waals surface area contributed by atoms with E-state index in [1.807, 2.05) is 12.1 Å². The van der Waals surface area contributed by atoms with Crippen molar-refractivity contribution >= 4 is 11.6 Å². The molecule has 1 aliphatic heterocycles. The average Bonchev–Trinajstić information content (AvgIpc) is 3.00. The van der Waals surface area contributed by atoms with Gasteiger partial charge in [-0.25, -0.2) is 0 Å². The van der Waals surface area contributed by atoms with Gasteiger partial charge in [0.1, 0.15) is 0 Å². The molecule has 0 radical (unpaired) electrons. The van der Waals surface area contributed by atoms with Gasteiger partial charge in [0.05, 0.1) is 6.54 Å². The van der Waals surface area contributed by atoms with Crippen molar-refractivity contribution in [3.8, 4) is 11.5 Å². The maximum Gasteiger partial charge on any atom is 0.247 e. The summed E-state index contributed by atoms with van der Waals surface area (Å²) in [4.78, 5) is 2.23. The van der Waals surface area contributed by atoms with E-state index < -0.39 is 0 Å². The predicted molar refractivity (Wildman–Crippen MR) is 72.6 cm³/mol. The van der Waals surface area contributed by atoms with Crippen molar-refractivity contribution in [1.29, 1.82) is 0 Å². The molecular weight excluding hydrogens is 264 g/mol. The lowest BCUT2D eigenvalue weighted by molar-refractivity contribution is 0.289. The molecule has 0 unspecified atom stereocenters. The first-order chi connectivity index (χ1) is 9.20. The van der Waals surface area contributed by atoms with Crippen LogP contribution in [0.1, 0.15) is 12.3 Å². The third-order valence-electron chi connectivity index (χ3n) is 3.23. The topological polar surface area (TPSA) is 68.2 Å². The van der Waals surface area contributed by atoms with E-state index in [1.54, 1.807) is 12.1 Å². The van der Waals surface area contributed by atoms with E-state index in [1.165, 1.54) is 0 Å². The maximum absolute atomic E-state index is 5.87. The van der Waals surface area contributed by atoms with Gasteiger partial charge < -0.3 is 10.2 Å². The first-order valence-electron chi connectivity index (χ1n) is 6.27. The molecule has 2 N–H and O–H groups in total. The van der Waals surface area contributed by atoms with Gasteiger partial charge in [0.15, 0.2) is 0 Å². The van der Waals surface area contributed by atoms with Crippen molar-refractivity contribution in [1.82, 2.24) is 15.1 Å². The normalized spacial score (nSPS) is 20.0. The van der Waals surface area contributed by atoms with Crippen LogP contribution < -0.4 is 5.73 Å². The molecule has 19 heavy (non-hydrogen) atoms. The number of aromatic nitrogens is 2. The molecule has 3 rings (SSSR count). The molecule has 5 nitrogen and oxygen atoms in total. The van der Waals surface area contributed by atoms with Crippen molar-refractivity contribution in [2.45, 2.75) is 19.0 Å². The Morgan fingerprint density at radius 1 is 1.32 bits per heavy atom. The van der Waals surface area contributed by atoms with Gasteiger partial charge in [-0.2, -0.15) is 0 Å². The highest BCUT2D eigenvalue weighted by molar-refractivity contribution is 6.30. The van der Waals surface area contributed by atoms with Gasteiger partial charge in [-0.15, -0.1) is 10.2 Å². The second-order valence-electron chi connectivity index (χ2n) is 4.79. The third-order valence-corrected chi connectivity index (χ3v) is 3.48. The molecule has 0 amide bonds. The zero-order valence-corrected chi connectivity index (χ0v) is 11.2. The van der Waals surface area contributed by atoms with Crippen LogP contribution in [0.5, 0.6) is 0 Å². The summed E-state index contributed by atoms with van der Waals surface area (Å²) >= 11 is 5.85. The van der Waals surface area contributed by atoms with Crippen molar-refractivity contribution in [3.63, 3.8) is 0 Å². The molecule has 0 aliphatic carbocycles. The molecule has 1 aromatic heterocycles. The van der Waals surface area contributed by atoms with Crippen LogP contribution in [0.25, 0.3) is 11.5 Å². The summed E-state index contributed by atoms with van der Waals surface area (Å²) in [7, 11) is 0. The molecule has 1 aliphatic rings. The lowest BCUT2D eigenvalue weighted by Gasteiger charge is -2.11. The molecule has 1 atom stereocenters. The highest BCUT2D eigenvalue weighted by Crippen LogP contribution is 2.21. The minimum atomic E-state index is 0.263. The third kappa shape index (κ3) is 2.94. The van der Waals surface area contributed by atoms with Crippen molar-refractivity contribution in [2.75, 3.05) is 13.1 Å². The fourth-order valence-corrected chi connectivity index (χ4v) is 2.35. The molecule has 0 spiro atoms. The molecule has 1 fully saturated rings. The average molecular weight is 279 g/mol. The fraction of sp³-hybridized carbons (Fsp3) is 0.385. The molecule has 6 heteroatoms. The number of halogens is 1. The van der Waals surface area contributed by atoms with Gasteiger partial charge in [-0.3, -0.25) is 4.90 Å². The molecule has 0 bridgehead atoms. The quantitative estimate of drug-likeness (QED) is 0.929. The number of nitrogens with two attached hydrogens (primary N) is 1. The zero-order valence-electron chi connectivity index (χ0n) is 10.4. The van der Waals surface area contributed by atoms with Crippen LogP contribution >= 0.6 is 11.6 Å². The minimum Gasteiger partial charge on any atom is -0.419 e. The summed E-state index contributed by atoms with van der Waals surface area (Å²) < 4.78 is 5.66. The smallest absolute Gasteiger partial charge is 0.247 e. The van der Waals surface area contributed by atoms with Crippen molar-refractivity contribution < 1.29 is 4.42 Å². The molecule has 1 aromatic carbocycles. The fourth-order valence-electron chi connectivity index (χ4n) is 2.22. The Kier molecular flexibility index (Phi) is 3.50. The standard InChI is InChI=1S/C13H15ClN4O/c14-10-3-1-9(2-4-10)13-17-16-12(19-13)8-18-6-5-11(15)7-18/h1-4,11H,5-8,15H2/t11-/m0/s1. The highest BCUT2D eigenvalue weighted by atomic mass is 35.5. The summed E-state index contributed by atoms with van der Waals surface area (Å²) in [6, 6.07) is 7.61. The van der Waals surface area contributed by atoms with Gasteiger partial charge >= 0.3 is 0 Å². The Morgan fingerprint density at radius 3 is 2.79 bits per heavy atom. The van der Waals surface area contributed by atoms with E-state index in [-0.39, 0.29) is 6.04 Å². The molecular formula is C13H15ClN4O. The van der Waals surface area contributed by atoms with E-state index in [4.69, 9.17) is 21.8 Å². The summed E-state index contributed by atoms with van der Waals surface area (Å²) in [5.74, 6) is 1.15. The van der Waals surface area contributed by atoms with E-state index in [9.17, 15) is 0 Å². The Labute approximate surface area is 116 Å². The Bertz CT molecular complexity index is 554. The van der Waals surface area contributed by atoms with Crippen LogP contribution in [-0.2, 0) is 6.54 Å². The monoisotopic (exact) mass is 278 g/mol. The maximum atomic E-state index is 5.87. The number of hydrogen-bond donors (Lipinski definition) is 1. The van der Waals surface area contributed by atoms with Gasteiger partial charge in [0.25, 0.3) is 0 Å². The number of hydrogen-bond acceptors (Lipinski definition) is 5. The summed E-state index contributed by atoms with van der Waals surface area (Å²) in [5, 5.41) is 8.82. The first kappa shape index (κ1) is 12.6. The van der Waals surface area contributed by atoms with Gasteiger partial charge in [0, 0.05) is 29.7 Å². The van der Waals surface area contributed by atoms with Crippen molar-refractivity contribution in [2.24, 2.45) is 5.73 Å². The van der Waals surface area contributed by atoms with Crippen LogP contribution in [0.2, 0.25) is 5.02 Å². The molecule has 100 valence electrons. The lowest BCUT2D eigenvalue weighted by atomic mass is 10.2. The van der Waals surface area contributed by atoms with Crippen LogP contribution in [0.4, 0.5) is 0 Å². The molecule has 1 saturated heterocycles. The Morgan fingerprint density at radius 2 is 2.11 bits per heavy atom. The SMILES string of the molecule is N[C@H]1CCN(Cc2nnc(-c3ccc(Cl)cc3)o2)C1. The second-order valence-corrected chi connectivity index (χ2v) is 5.23. The lowest BCUT2D eigenvalue weighted by Crippen LogP contribution is -2.26. The Balaban J connectivity index is 1.71. The van der Waals surface area contributed by atoms with E-state index in [0.29, 0.717) is 23.3 Å². The Hall–Kier alpha value is -1.43. The molecule has 0 saturated carbocycles. The van der Waals surface area contributed by atoms with Crippen LogP contribution in [0.3, 0.4) is 0 Å². The summed E-state index contributed by atoms with van der Waals surface area (Å²) in [6.45, 7) is 2.53. The molecule has 2 aromatic rings. The zero-order chi connectivity index (χ0) is 13.2. The number of likely N-dealkylation sites (tertiary alicyclic amines) is 1. The van der Waals surface area contributed by atoms with Gasteiger partial charge in [-0.1, -0.05) is 11.6 Å². The van der Waals surface area contributed by atoms with Crippen LogP contribution in [-0.4, -0.2) is 34.2 Å². The van der Waals surface area contributed by atoms with Crippen molar-refractivity contribution in [3.05, 3.63) is 35.2 Å². The number of nitrogens with zero attached hydrogens (tertiary/aromatic N) is 3. The van der Waals surface area contributed by atoms with Crippen LogP contribution in [0.15, 0.2) is 28.7 Å². The van der Waals surface area contributed by atoms with Gasteiger partial charge in [-0.05, 0) is 30.7 Å². The minimum absolute atomic E-state index is 0.263. The molecule has 2 heterocycles. The second kappa shape index (κ2) is 5.28. The van der Waals surface area contributed by atoms with Gasteiger partial charge in [0.2, 0.25) is 11.8 Å².